The second-order valence-corrected chi connectivity index (χ2v) is 8.07. The predicted octanol–water partition coefficient (Wildman–Crippen LogP) is 3.88. The van der Waals surface area contributed by atoms with Crippen LogP contribution in [0.1, 0.15) is 34.0 Å². The minimum atomic E-state index is -0.0419. The van der Waals surface area contributed by atoms with Gasteiger partial charge in [0.1, 0.15) is 5.82 Å². The predicted molar refractivity (Wildman–Crippen MR) is 111 cm³/mol. The lowest BCUT2D eigenvalue weighted by molar-refractivity contribution is -0.116. The third-order valence-corrected chi connectivity index (χ3v) is 6.06. The number of aryl methyl sites for hydroxylation is 2. The number of thiophene rings is 1. The van der Waals surface area contributed by atoms with Gasteiger partial charge < -0.3 is 5.32 Å². The van der Waals surface area contributed by atoms with Crippen LogP contribution in [0.3, 0.4) is 0 Å². The van der Waals surface area contributed by atoms with Gasteiger partial charge in [-0.15, -0.1) is 16.4 Å². The molecule has 0 spiro atoms. The number of rotatable bonds is 3. The zero-order valence-corrected chi connectivity index (χ0v) is 16.8. The Hall–Kier alpha value is -3.39. The molecule has 1 N–H and O–H groups in total. The highest BCUT2D eigenvalue weighted by Crippen LogP contribution is 2.41. The summed E-state index contributed by atoms with van der Waals surface area (Å²) in [5, 5.41) is 17.9. The van der Waals surface area contributed by atoms with Crippen LogP contribution in [-0.2, 0) is 4.79 Å². The van der Waals surface area contributed by atoms with E-state index in [1.807, 2.05) is 49.6 Å². The molecule has 0 radical (unpaired) electrons. The van der Waals surface area contributed by atoms with Gasteiger partial charge >= 0.3 is 0 Å². The minimum absolute atomic E-state index is 0.0132. The molecular formula is C21H18N6OS. The lowest BCUT2D eigenvalue weighted by Crippen LogP contribution is -2.25. The normalized spacial score (nSPS) is 15.8. The number of amides is 1. The van der Waals surface area contributed by atoms with Gasteiger partial charge in [-0.3, -0.25) is 4.79 Å². The number of carbonyl (C=O) groups excluding carboxylic acids is 1. The van der Waals surface area contributed by atoms with Crippen LogP contribution in [-0.4, -0.2) is 30.9 Å². The fourth-order valence-electron chi connectivity index (χ4n) is 3.67. The van der Waals surface area contributed by atoms with Crippen molar-refractivity contribution in [3.8, 4) is 17.2 Å². The largest absolute Gasteiger partial charge is 0.310 e. The third kappa shape index (κ3) is 3.11. The highest BCUT2D eigenvalue weighted by atomic mass is 32.1. The molecule has 0 saturated heterocycles. The Morgan fingerprint density at radius 2 is 2.00 bits per heavy atom. The molecule has 5 rings (SSSR count). The Bertz CT molecular complexity index is 1200. The molecule has 0 aliphatic carbocycles. The van der Waals surface area contributed by atoms with Crippen LogP contribution in [0.5, 0.6) is 0 Å². The first-order chi connectivity index (χ1) is 14.1. The van der Waals surface area contributed by atoms with Crippen molar-refractivity contribution in [3.63, 3.8) is 0 Å². The van der Waals surface area contributed by atoms with Crippen molar-refractivity contribution in [3.05, 3.63) is 69.7 Å². The van der Waals surface area contributed by atoms with Crippen molar-refractivity contribution in [2.75, 3.05) is 5.32 Å². The molecule has 7 nitrogen and oxygen atoms in total. The molecule has 1 aliphatic heterocycles. The Morgan fingerprint density at radius 3 is 2.76 bits per heavy atom. The van der Waals surface area contributed by atoms with Crippen molar-refractivity contribution in [1.82, 2.24) is 25.0 Å². The summed E-state index contributed by atoms with van der Waals surface area (Å²) in [7, 11) is 0. The van der Waals surface area contributed by atoms with Gasteiger partial charge in [-0.1, -0.05) is 35.9 Å². The molecule has 3 aromatic heterocycles. The molecule has 1 aliphatic rings. The third-order valence-electron chi connectivity index (χ3n) is 5.07. The molecule has 144 valence electrons. The van der Waals surface area contributed by atoms with Crippen LogP contribution in [0.4, 0.5) is 5.82 Å². The number of nitrogens with one attached hydrogen (secondary N) is 1. The van der Waals surface area contributed by atoms with Crippen LogP contribution in [0.25, 0.3) is 17.2 Å². The number of benzene rings is 1. The molecule has 29 heavy (non-hydrogen) atoms. The molecule has 0 fully saturated rings. The number of hydrogen-bond acceptors (Lipinski definition) is 6. The van der Waals surface area contributed by atoms with E-state index >= 15 is 0 Å². The van der Waals surface area contributed by atoms with Gasteiger partial charge in [0.25, 0.3) is 5.95 Å². The minimum Gasteiger partial charge on any atom is -0.310 e. The van der Waals surface area contributed by atoms with E-state index in [1.165, 1.54) is 5.56 Å². The monoisotopic (exact) mass is 402 g/mol. The van der Waals surface area contributed by atoms with Crippen LogP contribution >= 0.6 is 11.3 Å². The van der Waals surface area contributed by atoms with Crippen molar-refractivity contribution in [1.29, 1.82) is 0 Å². The standard InChI is InChI=1S/C21H18N6OS/c1-12-5-7-14(8-6-12)16-11-22-25-21(23-16)27-20-19(13(2)26-27)15(10-18(28)24-20)17-4-3-9-29-17/h3-9,11,15H,10H2,1-2H3,(H,24,28)/t15-/m1/s1. The molecule has 4 heterocycles. The maximum Gasteiger partial charge on any atom is 0.272 e. The van der Waals surface area contributed by atoms with Crippen molar-refractivity contribution in [2.24, 2.45) is 0 Å². The van der Waals surface area contributed by atoms with Crippen LogP contribution in [0.15, 0.2) is 48.0 Å². The van der Waals surface area contributed by atoms with E-state index in [0.717, 1.165) is 21.7 Å². The summed E-state index contributed by atoms with van der Waals surface area (Å²) in [5.74, 6) is 0.903. The first kappa shape index (κ1) is 17.7. The Balaban J connectivity index is 1.62. The summed E-state index contributed by atoms with van der Waals surface area (Å²) < 4.78 is 1.59. The average molecular weight is 402 g/mol. The van der Waals surface area contributed by atoms with Gasteiger partial charge in [-0.25, -0.2) is 4.98 Å². The summed E-state index contributed by atoms with van der Waals surface area (Å²) >= 11 is 1.65. The second-order valence-electron chi connectivity index (χ2n) is 7.09. The summed E-state index contributed by atoms with van der Waals surface area (Å²) in [6.07, 6.45) is 2.03. The van der Waals surface area contributed by atoms with Gasteiger partial charge in [0.15, 0.2) is 0 Å². The van der Waals surface area contributed by atoms with Gasteiger partial charge in [-0.2, -0.15) is 14.9 Å². The summed E-state index contributed by atoms with van der Waals surface area (Å²) in [6, 6.07) is 12.1. The molecule has 1 atom stereocenters. The average Bonchev–Trinajstić information content (AvgIpc) is 3.37. The van der Waals surface area contributed by atoms with Gasteiger partial charge in [0.05, 0.1) is 17.6 Å². The fourth-order valence-corrected chi connectivity index (χ4v) is 4.51. The lowest BCUT2D eigenvalue weighted by atomic mass is 9.91. The maximum atomic E-state index is 12.4. The Kier molecular flexibility index (Phi) is 4.21. The molecule has 1 amide bonds. The molecule has 0 saturated carbocycles. The zero-order chi connectivity index (χ0) is 20.0. The van der Waals surface area contributed by atoms with Crippen molar-refractivity contribution < 1.29 is 4.79 Å². The molecule has 1 aromatic carbocycles. The Labute approximate surface area is 171 Å². The smallest absolute Gasteiger partial charge is 0.272 e. The highest BCUT2D eigenvalue weighted by molar-refractivity contribution is 7.10. The number of anilines is 1. The van der Waals surface area contributed by atoms with Gasteiger partial charge in [-0.05, 0) is 25.3 Å². The number of carbonyl (C=O) groups is 1. The highest BCUT2D eigenvalue weighted by Gasteiger charge is 2.33. The van der Waals surface area contributed by atoms with Crippen LogP contribution in [0, 0.1) is 13.8 Å². The number of fused-ring (bicyclic) bond motifs is 1. The molecule has 8 heteroatoms. The van der Waals surface area contributed by atoms with E-state index < -0.39 is 0 Å². The second kappa shape index (κ2) is 6.89. The number of hydrogen-bond donors (Lipinski definition) is 1. The van der Waals surface area contributed by atoms with E-state index in [2.05, 4.69) is 31.7 Å². The van der Waals surface area contributed by atoms with E-state index in [0.29, 0.717) is 23.9 Å². The topological polar surface area (TPSA) is 85.6 Å². The first-order valence-electron chi connectivity index (χ1n) is 9.30. The zero-order valence-electron chi connectivity index (χ0n) is 16.0. The van der Waals surface area contributed by atoms with Crippen LogP contribution in [0.2, 0.25) is 0 Å². The van der Waals surface area contributed by atoms with Gasteiger partial charge in [0.2, 0.25) is 5.91 Å². The molecule has 0 bridgehead atoms. The lowest BCUT2D eigenvalue weighted by Gasteiger charge is -2.22. The van der Waals surface area contributed by atoms with Gasteiger partial charge in [0, 0.05) is 28.3 Å². The van der Waals surface area contributed by atoms with E-state index in [-0.39, 0.29) is 11.8 Å². The summed E-state index contributed by atoms with van der Waals surface area (Å²) in [6.45, 7) is 3.99. The summed E-state index contributed by atoms with van der Waals surface area (Å²) in [5.41, 5.74) is 4.69. The fraction of sp³-hybridized carbons (Fsp3) is 0.190. The number of nitrogens with zero attached hydrogens (tertiary/aromatic N) is 5. The first-order valence-corrected chi connectivity index (χ1v) is 10.2. The van der Waals surface area contributed by atoms with E-state index in [4.69, 9.17) is 0 Å². The van der Waals surface area contributed by atoms with Crippen molar-refractivity contribution >= 4 is 23.1 Å². The molecule has 0 unspecified atom stereocenters. The molecular weight excluding hydrogens is 384 g/mol. The van der Waals surface area contributed by atoms with Crippen molar-refractivity contribution in [2.45, 2.75) is 26.2 Å². The quantitative estimate of drug-likeness (QED) is 0.562. The van der Waals surface area contributed by atoms with Crippen LogP contribution < -0.4 is 5.32 Å². The Morgan fingerprint density at radius 1 is 1.17 bits per heavy atom. The SMILES string of the molecule is Cc1ccc(-c2cnnc(-n3nc(C)c4c3NC(=O)C[C@@H]4c3cccs3)n2)cc1. The summed E-state index contributed by atoms with van der Waals surface area (Å²) in [4.78, 5) is 18.2. The number of aromatic nitrogens is 5. The maximum absolute atomic E-state index is 12.4. The van der Waals surface area contributed by atoms with E-state index in [1.54, 1.807) is 22.2 Å². The van der Waals surface area contributed by atoms with E-state index in [9.17, 15) is 4.79 Å². The molecule has 4 aromatic rings.